The summed E-state index contributed by atoms with van der Waals surface area (Å²) in [6.07, 6.45) is 1.91. The van der Waals surface area contributed by atoms with E-state index in [-0.39, 0.29) is 54.5 Å². The highest BCUT2D eigenvalue weighted by atomic mass is 35.5. The topological polar surface area (TPSA) is 67.2 Å². The number of likely N-dealkylation sites (N-methyl/N-ethyl adjacent to an activating group) is 1. The summed E-state index contributed by atoms with van der Waals surface area (Å²) in [6, 6.07) is 3.44. The molecule has 0 bridgehead atoms. The Bertz CT molecular complexity index is 698. The van der Waals surface area contributed by atoms with Gasteiger partial charge in [0.15, 0.2) is 11.7 Å². The first kappa shape index (κ1) is 24.3. The van der Waals surface area contributed by atoms with Crippen LogP contribution in [0.1, 0.15) is 26.2 Å². The van der Waals surface area contributed by atoms with Crippen molar-refractivity contribution in [1.29, 1.82) is 0 Å². The number of carbonyl (C=O) groups is 1. The number of rotatable bonds is 8. The Kier molecular flexibility index (Phi) is 11.1. The third-order valence-electron chi connectivity index (χ3n) is 3.47. The first-order chi connectivity index (χ1) is 11.5. The van der Waals surface area contributed by atoms with Crippen LogP contribution in [0, 0.1) is 11.6 Å². The molecule has 5 nitrogen and oxygen atoms in total. The van der Waals surface area contributed by atoms with E-state index in [1.807, 2.05) is 13.8 Å². The molecule has 1 heterocycles. The molecule has 1 aromatic heterocycles. The monoisotopic (exact) mass is 409 g/mol. The highest BCUT2D eigenvalue weighted by Gasteiger charge is 2.13. The predicted molar refractivity (Wildman–Crippen MR) is 101 cm³/mol. The van der Waals surface area contributed by atoms with Gasteiger partial charge in [0.25, 0.3) is 0 Å². The van der Waals surface area contributed by atoms with Gasteiger partial charge < -0.3 is 15.1 Å². The molecule has 0 saturated heterocycles. The number of benzene rings is 1. The highest BCUT2D eigenvalue weighted by Crippen LogP contribution is 2.24. The van der Waals surface area contributed by atoms with Crippen LogP contribution in [0.5, 0.6) is 0 Å². The second-order valence-electron chi connectivity index (χ2n) is 5.51. The van der Waals surface area contributed by atoms with Crippen LogP contribution in [0.4, 0.5) is 8.78 Å². The lowest BCUT2D eigenvalue weighted by atomic mass is 10.2. The predicted octanol–water partition coefficient (Wildman–Crippen LogP) is 3.51. The molecule has 0 fully saturated rings. The first-order valence-electron chi connectivity index (χ1n) is 7.89. The average Bonchev–Trinajstić information content (AvgIpc) is 3.00. The van der Waals surface area contributed by atoms with E-state index in [2.05, 4.69) is 15.6 Å². The number of oxazole rings is 1. The number of nitrogens with one attached hydrogen (secondary N) is 2. The Labute approximate surface area is 163 Å². The molecule has 2 aromatic rings. The van der Waals surface area contributed by atoms with E-state index in [9.17, 15) is 13.6 Å². The van der Waals surface area contributed by atoms with Crippen LogP contribution in [0.2, 0.25) is 0 Å². The molecule has 9 heteroatoms. The van der Waals surface area contributed by atoms with Crippen LogP contribution in [-0.4, -0.2) is 30.0 Å². The van der Waals surface area contributed by atoms with E-state index in [0.29, 0.717) is 18.9 Å². The van der Waals surface area contributed by atoms with Gasteiger partial charge >= 0.3 is 0 Å². The quantitative estimate of drug-likeness (QED) is 0.699. The molecule has 0 aliphatic rings. The fraction of sp³-hybridized carbons (Fsp3) is 0.412. The molecule has 2 rings (SSSR count). The van der Waals surface area contributed by atoms with Gasteiger partial charge in [-0.2, -0.15) is 0 Å². The van der Waals surface area contributed by atoms with Gasteiger partial charge in [-0.25, -0.2) is 13.8 Å². The number of halogens is 4. The SMILES string of the molecule is CCN[C@H](C)CNC(=O)CCc1ncc(-c2ccc(F)cc2F)o1.Cl.Cl. The van der Waals surface area contributed by atoms with Crippen molar-refractivity contribution in [1.82, 2.24) is 15.6 Å². The van der Waals surface area contributed by atoms with Gasteiger partial charge in [0.1, 0.15) is 11.6 Å². The summed E-state index contributed by atoms with van der Waals surface area (Å²) >= 11 is 0. The van der Waals surface area contributed by atoms with Crippen molar-refractivity contribution in [3.8, 4) is 11.3 Å². The molecule has 0 radical (unpaired) electrons. The van der Waals surface area contributed by atoms with E-state index in [1.54, 1.807) is 0 Å². The van der Waals surface area contributed by atoms with Crippen molar-refractivity contribution in [2.75, 3.05) is 13.1 Å². The van der Waals surface area contributed by atoms with Crippen molar-refractivity contribution in [3.05, 3.63) is 41.9 Å². The lowest BCUT2D eigenvalue weighted by Crippen LogP contribution is -2.38. The van der Waals surface area contributed by atoms with Gasteiger partial charge in [0.05, 0.1) is 11.8 Å². The van der Waals surface area contributed by atoms with E-state index < -0.39 is 11.6 Å². The van der Waals surface area contributed by atoms with Crippen LogP contribution in [0.15, 0.2) is 28.8 Å². The molecule has 0 unspecified atom stereocenters. The van der Waals surface area contributed by atoms with Crippen LogP contribution in [0.3, 0.4) is 0 Å². The zero-order valence-electron chi connectivity index (χ0n) is 14.6. The van der Waals surface area contributed by atoms with Gasteiger partial charge in [-0.3, -0.25) is 4.79 Å². The normalized spacial score (nSPS) is 11.2. The maximum absolute atomic E-state index is 13.7. The van der Waals surface area contributed by atoms with Crippen molar-refractivity contribution >= 4 is 30.7 Å². The van der Waals surface area contributed by atoms with E-state index in [4.69, 9.17) is 4.42 Å². The zero-order chi connectivity index (χ0) is 17.5. The summed E-state index contributed by atoms with van der Waals surface area (Å²) in [4.78, 5) is 15.8. The lowest BCUT2D eigenvalue weighted by molar-refractivity contribution is -0.121. The van der Waals surface area contributed by atoms with Gasteiger partial charge in [-0.1, -0.05) is 6.92 Å². The first-order valence-corrected chi connectivity index (χ1v) is 7.89. The minimum atomic E-state index is -0.715. The summed E-state index contributed by atoms with van der Waals surface area (Å²) in [5, 5.41) is 6.02. The maximum Gasteiger partial charge on any atom is 0.220 e. The van der Waals surface area contributed by atoms with Crippen molar-refractivity contribution in [2.45, 2.75) is 32.7 Å². The number of hydrogen-bond acceptors (Lipinski definition) is 4. The van der Waals surface area contributed by atoms with Crippen LogP contribution in [0.25, 0.3) is 11.3 Å². The molecule has 146 valence electrons. The molecule has 0 spiro atoms. The van der Waals surface area contributed by atoms with Crippen molar-refractivity contribution in [2.24, 2.45) is 0 Å². The van der Waals surface area contributed by atoms with E-state index >= 15 is 0 Å². The fourth-order valence-corrected chi connectivity index (χ4v) is 2.24. The van der Waals surface area contributed by atoms with Gasteiger partial charge in [-0.15, -0.1) is 24.8 Å². The standard InChI is InChI=1S/C17H21F2N3O2.2ClH/c1-3-20-11(2)9-21-16(23)6-7-17-22-10-15(24-17)13-5-4-12(18)8-14(13)19;;/h4-5,8,10-11,20H,3,6-7,9H2,1-2H3,(H,21,23);2*1H/t11-;;/m1../s1. The van der Waals surface area contributed by atoms with E-state index in [0.717, 1.165) is 18.7 Å². The summed E-state index contributed by atoms with van der Waals surface area (Å²) in [5.74, 6) is -0.924. The molecular formula is C17H23Cl2F2N3O2. The second kappa shape index (κ2) is 11.8. The Morgan fingerprint density at radius 1 is 1.31 bits per heavy atom. The Hall–Kier alpha value is -1.70. The number of amides is 1. The molecule has 26 heavy (non-hydrogen) atoms. The van der Waals surface area contributed by atoms with Gasteiger partial charge in [0.2, 0.25) is 5.91 Å². The Balaban J connectivity index is 0.00000312. The van der Waals surface area contributed by atoms with Crippen molar-refractivity contribution in [3.63, 3.8) is 0 Å². The maximum atomic E-state index is 13.7. The Morgan fingerprint density at radius 3 is 2.69 bits per heavy atom. The molecule has 0 aliphatic heterocycles. The highest BCUT2D eigenvalue weighted by molar-refractivity contribution is 5.85. The average molecular weight is 410 g/mol. The van der Waals surface area contributed by atoms with Crippen molar-refractivity contribution < 1.29 is 18.0 Å². The minimum Gasteiger partial charge on any atom is -0.441 e. The summed E-state index contributed by atoms with van der Waals surface area (Å²) in [5.41, 5.74) is 0.138. The van der Waals surface area contributed by atoms with Gasteiger partial charge in [0, 0.05) is 31.5 Å². The van der Waals surface area contributed by atoms with E-state index in [1.165, 1.54) is 12.3 Å². The number of nitrogens with zero attached hydrogens (tertiary/aromatic N) is 1. The molecule has 1 amide bonds. The summed E-state index contributed by atoms with van der Waals surface area (Å²) < 4.78 is 32.1. The smallest absolute Gasteiger partial charge is 0.220 e. The Morgan fingerprint density at radius 2 is 2.04 bits per heavy atom. The number of aromatic nitrogens is 1. The largest absolute Gasteiger partial charge is 0.441 e. The number of hydrogen-bond donors (Lipinski definition) is 2. The lowest BCUT2D eigenvalue weighted by Gasteiger charge is -2.12. The molecule has 1 atom stereocenters. The second-order valence-corrected chi connectivity index (χ2v) is 5.51. The van der Waals surface area contributed by atoms with Crippen LogP contribution < -0.4 is 10.6 Å². The van der Waals surface area contributed by atoms with Crippen LogP contribution in [-0.2, 0) is 11.2 Å². The zero-order valence-corrected chi connectivity index (χ0v) is 16.2. The molecular weight excluding hydrogens is 387 g/mol. The van der Waals surface area contributed by atoms with Crippen LogP contribution >= 0.6 is 24.8 Å². The van der Waals surface area contributed by atoms with Gasteiger partial charge in [-0.05, 0) is 25.6 Å². The molecule has 2 N–H and O–H groups in total. The molecule has 0 saturated carbocycles. The summed E-state index contributed by atoms with van der Waals surface area (Å²) in [6.45, 7) is 5.38. The molecule has 1 aromatic carbocycles. The minimum absolute atomic E-state index is 0. The third-order valence-corrected chi connectivity index (χ3v) is 3.47. The molecule has 0 aliphatic carbocycles. The number of carbonyl (C=O) groups excluding carboxylic acids is 1. The fourth-order valence-electron chi connectivity index (χ4n) is 2.24. The summed E-state index contributed by atoms with van der Waals surface area (Å²) in [7, 11) is 0. The number of aryl methyl sites for hydroxylation is 1. The third kappa shape index (κ3) is 7.27.